The van der Waals surface area contributed by atoms with Crippen LogP contribution in [-0.4, -0.2) is 52.6 Å². The number of rotatable bonds is 4. The van der Waals surface area contributed by atoms with Crippen LogP contribution in [0.3, 0.4) is 0 Å². The first-order valence-corrected chi connectivity index (χ1v) is 9.18. The van der Waals surface area contributed by atoms with E-state index in [1.54, 1.807) is 11.8 Å². The van der Waals surface area contributed by atoms with Crippen molar-refractivity contribution in [3.05, 3.63) is 58.1 Å². The molecule has 1 saturated heterocycles. The average molecular weight is 409 g/mol. The van der Waals surface area contributed by atoms with E-state index in [-0.39, 0.29) is 17.5 Å². The van der Waals surface area contributed by atoms with E-state index in [2.05, 4.69) is 4.98 Å². The van der Waals surface area contributed by atoms with Gasteiger partial charge in [0.2, 0.25) is 0 Å². The van der Waals surface area contributed by atoms with Gasteiger partial charge in [-0.1, -0.05) is 0 Å². The highest BCUT2D eigenvalue weighted by Gasteiger charge is 2.31. The quantitative estimate of drug-likeness (QED) is 0.829. The Bertz CT molecular complexity index is 917. The lowest BCUT2D eigenvalue weighted by Gasteiger charge is -2.35. The molecular formula is C19H22F3N5O2. The van der Waals surface area contributed by atoms with Crippen LogP contribution in [0.5, 0.6) is 0 Å². The van der Waals surface area contributed by atoms with Crippen molar-refractivity contribution in [2.45, 2.75) is 25.7 Å². The maximum absolute atomic E-state index is 12.8. The second-order valence-corrected chi connectivity index (χ2v) is 7.07. The van der Waals surface area contributed by atoms with E-state index in [0.717, 1.165) is 12.3 Å². The van der Waals surface area contributed by atoms with Gasteiger partial charge < -0.3 is 20.1 Å². The summed E-state index contributed by atoms with van der Waals surface area (Å²) in [5.74, 6) is 0.235. The van der Waals surface area contributed by atoms with E-state index >= 15 is 0 Å². The number of anilines is 1. The SMILES string of the molecule is CC(N)Cn1cc(C(=O)N2CCN(c3ccc(C(F)(F)F)cn3)CC2)ccc1=O. The largest absolute Gasteiger partial charge is 0.417 e. The van der Waals surface area contributed by atoms with Crippen LogP contribution in [0.15, 0.2) is 41.5 Å². The second kappa shape index (κ2) is 8.24. The molecule has 1 aliphatic heterocycles. The summed E-state index contributed by atoms with van der Waals surface area (Å²) >= 11 is 0. The molecule has 10 heteroatoms. The monoisotopic (exact) mass is 409 g/mol. The van der Waals surface area contributed by atoms with Crippen molar-refractivity contribution in [3.63, 3.8) is 0 Å². The molecule has 29 heavy (non-hydrogen) atoms. The molecule has 1 unspecified atom stereocenters. The molecule has 0 saturated carbocycles. The molecular weight excluding hydrogens is 387 g/mol. The van der Waals surface area contributed by atoms with Gasteiger partial charge in [-0.25, -0.2) is 4.98 Å². The van der Waals surface area contributed by atoms with Gasteiger partial charge in [0.05, 0.1) is 11.1 Å². The van der Waals surface area contributed by atoms with Crippen molar-refractivity contribution in [1.29, 1.82) is 0 Å². The number of nitrogens with two attached hydrogens (primary N) is 1. The molecule has 1 amide bonds. The zero-order valence-electron chi connectivity index (χ0n) is 15.9. The summed E-state index contributed by atoms with van der Waals surface area (Å²) in [6, 6.07) is 4.95. The number of carbonyl (C=O) groups is 1. The van der Waals surface area contributed by atoms with E-state index in [4.69, 9.17) is 5.73 Å². The van der Waals surface area contributed by atoms with Gasteiger partial charge in [-0.2, -0.15) is 13.2 Å². The lowest BCUT2D eigenvalue weighted by molar-refractivity contribution is -0.137. The van der Waals surface area contributed by atoms with Gasteiger partial charge in [-0.15, -0.1) is 0 Å². The molecule has 1 atom stereocenters. The van der Waals surface area contributed by atoms with Crippen molar-refractivity contribution in [2.24, 2.45) is 5.73 Å². The highest BCUT2D eigenvalue weighted by atomic mass is 19.4. The normalized spacial score (nSPS) is 16.0. The third-order valence-electron chi connectivity index (χ3n) is 4.68. The van der Waals surface area contributed by atoms with Crippen molar-refractivity contribution in [2.75, 3.05) is 31.1 Å². The number of hydrogen-bond acceptors (Lipinski definition) is 5. The maximum atomic E-state index is 12.8. The highest BCUT2D eigenvalue weighted by Crippen LogP contribution is 2.29. The first-order chi connectivity index (χ1) is 13.6. The molecule has 1 aliphatic rings. The third-order valence-corrected chi connectivity index (χ3v) is 4.68. The van der Waals surface area contributed by atoms with Gasteiger partial charge in [-0.05, 0) is 25.1 Å². The molecule has 7 nitrogen and oxygen atoms in total. The van der Waals surface area contributed by atoms with Crippen LogP contribution in [0, 0.1) is 0 Å². The van der Waals surface area contributed by atoms with Crippen molar-refractivity contribution in [3.8, 4) is 0 Å². The van der Waals surface area contributed by atoms with E-state index < -0.39 is 11.7 Å². The number of aromatic nitrogens is 2. The Labute approximate surface area is 165 Å². The Balaban J connectivity index is 1.65. The topological polar surface area (TPSA) is 84.5 Å². The number of piperazine rings is 1. The molecule has 0 radical (unpaired) electrons. The van der Waals surface area contributed by atoms with Crippen LogP contribution in [0.2, 0.25) is 0 Å². The van der Waals surface area contributed by atoms with Gasteiger partial charge in [0.15, 0.2) is 0 Å². The minimum atomic E-state index is -4.42. The predicted octanol–water partition coefficient (Wildman–Crippen LogP) is 1.57. The van der Waals surface area contributed by atoms with Crippen LogP contribution in [0.25, 0.3) is 0 Å². The number of hydrogen-bond donors (Lipinski definition) is 1. The van der Waals surface area contributed by atoms with Crippen molar-refractivity contribution >= 4 is 11.7 Å². The fraction of sp³-hybridized carbons (Fsp3) is 0.421. The molecule has 1 fully saturated rings. The van der Waals surface area contributed by atoms with Gasteiger partial charge in [0.25, 0.3) is 11.5 Å². The predicted molar refractivity (Wildman–Crippen MR) is 102 cm³/mol. The average Bonchev–Trinajstić information content (AvgIpc) is 2.68. The lowest BCUT2D eigenvalue weighted by atomic mass is 10.2. The summed E-state index contributed by atoms with van der Waals surface area (Å²) in [5, 5.41) is 0. The molecule has 2 aromatic rings. The Morgan fingerprint density at radius 2 is 1.86 bits per heavy atom. The standard InChI is InChI=1S/C19H22F3N5O2/c1-13(23)11-27-12-14(2-5-17(27)28)18(29)26-8-6-25(7-9-26)16-4-3-15(10-24-16)19(20,21)22/h2-5,10,12-13H,6-9,11,23H2,1H3. The number of carbonyl (C=O) groups excluding carboxylic acids is 1. The molecule has 0 aromatic carbocycles. The van der Waals surface area contributed by atoms with Crippen LogP contribution in [0.1, 0.15) is 22.8 Å². The Morgan fingerprint density at radius 1 is 1.17 bits per heavy atom. The van der Waals surface area contributed by atoms with Crippen LogP contribution in [0.4, 0.5) is 19.0 Å². The van der Waals surface area contributed by atoms with Gasteiger partial charge >= 0.3 is 6.18 Å². The summed E-state index contributed by atoms with van der Waals surface area (Å²) in [6.45, 7) is 3.78. The van der Waals surface area contributed by atoms with Gasteiger partial charge in [0.1, 0.15) is 5.82 Å². The zero-order chi connectivity index (χ0) is 21.2. The first kappa shape index (κ1) is 20.8. The number of alkyl halides is 3. The fourth-order valence-corrected chi connectivity index (χ4v) is 3.17. The summed E-state index contributed by atoms with van der Waals surface area (Å²) in [5.41, 5.74) is 5.11. The number of nitrogens with zero attached hydrogens (tertiary/aromatic N) is 4. The molecule has 2 aromatic heterocycles. The smallest absolute Gasteiger partial charge is 0.353 e. The maximum Gasteiger partial charge on any atom is 0.417 e. The summed E-state index contributed by atoms with van der Waals surface area (Å²) in [6.07, 6.45) is -2.10. The Kier molecular flexibility index (Phi) is 5.92. The van der Waals surface area contributed by atoms with Crippen LogP contribution < -0.4 is 16.2 Å². The molecule has 3 rings (SSSR count). The van der Waals surface area contributed by atoms with Crippen LogP contribution >= 0.6 is 0 Å². The highest BCUT2D eigenvalue weighted by molar-refractivity contribution is 5.94. The third kappa shape index (κ3) is 4.94. The summed E-state index contributed by atoms with van der Waals surface area (Å²) in [4.78, 5) is 32.0. The molecule has 0 aliphatic carbocycles. The van der Waals surface area contributed by atoms with Crippen LogP contribution in [-0.2, 0) is 12.7 Å². The van der Waals surface area contributed by atoms with Gasteiger partial charge in [0, 0.05) is 57.2 Å². The number of halogens is 3. The fourth-order valence-electron chi connectivity index (χ4n) is 3.17. The number of amides is 1. The second-order valence-electron chi connectivity index (χ2n) is 7.07. The minimum absolute atomic E-state index is 0.205. The lowest BCUT2D eigenvalue weighted by Crippen LogP contribution is -2.49. The Hall–Kier alpha value is -2.88. The first-order valence-electron chi connectivity index (χ1n) is 9.18. The van der Waals surface area contributed by atoms with E-state index in [9.17, 15) is 22.8 Å². The molecule has 3 heterocycles. The zero-order valence-corrected chi connectivity index (χ0v) is 15.9. The molecule has 156 valence electrons. The minimum Gasteiger partial charge on any atom is -0.353 e. The van der Waals surface area contributed by atoms with Gasteiger partial charge in [-0.3, -0.25) is 9.59 Å². The van der Waals surface area contributed by atoms with E-state index in [1.165, 1.54) is 29.0 Å². The molecule has 2 N–H and O–H groups in total. The van der Waals surface area contributed by atoms with Crippen molar-refractivity contribution < 1.29 is 18.0 Å². The van der Waals surface area contributed by atoms with Crippen molar-refractivity contribution in [1.82, 2.24) is 14.5 Å². The van der Waals surface area contributed by atoms with E-state index in [0.29, 0.717) is 44.1 Å². The van der Waals surface area contributed by atoms with E-state index in [1.807, 2.05) is 4.90 Å². The molecule has 0 bridgehead atoms. The molecule has 0 spiro atoms. The summed E-state index contributed by atoms with van der Waals surface area (Å²) < 4.78 is 39.4. The Morgan fingerprint density at radius 3 is 2.41 bits per heavy atom. The number of pyridine rings is 2. The summed E-state index contributed by atoms with van der Waals surface area (Å²) in [7, 11) is 0.